The first-order valence-corrected chi connectivity index (χ1v) is 11.0. The summed E-state index contributed by atoms with van der Waals surface area (Å²) in [6.45, 7) is 6.98. The number of ether oxygens (including phenoxy) is 3. The average Bonchev–Trinajstić information content (AvgIpc) is 3.25. The Balaban J connectivity index is 1.50. The van der Waals surface area contributed by atoms with E-state index in [2.05, 4.69) is 30.9 Å². The molecular weight excluding hydrogens is 414 g/mol. The zero-order valence-corrected chi connectivity index (χ0v) is 19.3. The van der Waals surface area contributed by atoms with E-state index >= 15 is 0 Å². The Morgan fingerprint density at radius 1 is 0.968 bits per heavy atom. The first-order chi connectivity index (χ1) is 15.0. The molecule has 0 bridgehead atoms. The van der Waals surface area contributed by atoms with Crippen molar-refractivity contribution in [2.45, 2.75) is 13.8 Å². The van der Waals surface area contributed by atoms with Crippen LogP contribution < -0.4 is 19.1 Å². The van der Waals surface area contributed by atoms with E-state index in [-0.39, 0.29) is 5.91 Å². The van der Waals surface area contributed by atoms with Crippen molar-refractivity contribution in [1.82, 2.24) is 9.88 Å². The molecule has 1 aliphatic rings. The number of anilines is 1. The van der Waals surface area contributed by atoms with E-state index in [0.29, 0.717) is 35.9 Å². The second-order valence-electron chi connectivity index (χ2n) is 7.54. The number of hydrogen-bond donors (Lipinski definition) is 0. The van der Waals surface area contributed by atoms with Crippen LogP contribution in [0, 0.1) is 13.8 Å². The van der Waals surface area contributed by atoms with Crippen molar-refractivity contribution in [2.75, 3.05) is 52.4 Å². The average molecular weight is 442 g/mol. The third-order valence-electron chi connectivity index (χ3n) is 5.82. The molecule has 31 heavy (non-hydrogen) atoms. The summed E-state index contributed by atoms with van der Waals surface area (Å²) in [5, 5.41) is 1.02. The molecule has 0 spiro atoms. The van der Waals surface area contributed by atoms with Crippen LogP contribution in [0.5, 0.6) is 17.2 Å². The first kappa shape index (κ1) is 21.2. The van der Waals surface area contributed by atoms with Gasteiger partial charge >= 0.3 is 0 Å². The monoisotopic (exact) mass is 441 g/mol. The first-order valence-electron chi connectivity index (χ1n) is 10.2. The fraction of sp³-hybridized carbons (Fsp3) is 0.391. The molecule has 0 saturated carbocycles. The van der Waals surface area contributed by atoms with Crippen molar-refractivity contribution in [3.63, 3.8) is 0 Å². The summed E-state index contributed by atoms with van der Waals surface area (Å²) in [6, 6.07) is 7.69. The molecule has 7 nitrogen and oxygen atoms in total. The Morgan fingerprint density at radius 2 is 1.61 bits per heavy atom. The molecule has 164 valence electrons. The summed E-state index contributed by atoms with van der Waals surface area (Å²) < 4.78 is 17.3. The minimum Gasteiger partial charge on any atom is -0.493 e. The summed E-state index contributed by atoms with van der Waals surface area (Å²) in [4.78, 5) is 22.2. The minimum absolute atomic E-state index is 0.0466. The lowest BCUT2D eigenvalue weighted by molar-refractivity contribution is 0.0746. The maximum atomic E-state index is 13.1. The number of aryl methyl sites for hydroxylation is 2. The summed E-state index contributed by atoms with van der Waals surface area (Å²) in [7, 11) is 4.64. The van der Waals surface area contributed by atoms with Crippen molar-refractivity contribution in [3.8, 4) is 17.2 Å². The molecule has 2 aromatic carbocycles. The highest BCUT2D eigenvalue weighted by Crippen LogP contribution is 2.38. The second kappa shape index (κ2) is 8.63. The molecule has 1 saturated heterocycles. The maximum Gasteiger partial charge on any atom is 0.254 e. The number of methoxy groups -OCH3 is 3. The maximum absolute atomic E-state index is 13.1. The van der Waals surface area contributed by atoms with Crippen LogP contribution in [-0.4, -0.2) is 63.3 Å². The highest BCUT2D eigenvalue weighted by Gasteiger charge is 2.26. The zero-order chi connectivity index (χ0) is 22.1. The molecule has 1 aromatic heterocycles. The number of hydrogen-bond acceptors (Lipinski definition) is 7. The van der Waals surface area contributed by atoms with Gasteiger partial charge in [0.25, 0.3) is 5.91 Å². The van der Waals surface area contributed by atoms with Crippen molar-refractivity contribution < 1.29 is 19.0 Å². The van der Waals surface area contributed by atoms with Crippen LogP contribution in [0.25, 0.3) is 10.2 Å². The van der Waals surface area contributed by atoms with Gasteiger partial charge in [-0.3, -0.25) is 4.79 Å². The number of fused-ring (bicyclic) bond motifs is 1. The number of carbonyl (C=O) groups excluding carboxylic acids is 1. The van der Waals surface area contributed by atoms with Gasteiger partial charge in [-0.2, -0.15) is 0 Å². The van der Waals surface area contributed by atoms with Crippen LogP contribution in [0.3, 0.4) is 0 Å². The van der Waals surface area contributed by atoms with Gasteiger partial charge in [0.2, 0.25) is 5.75 Å². The van der Waals surface area contributed by atoms with Gasteiger partial charge in [-0.05, 0) is 43.2 Å². The molecule has 0 radical (unpaired) electrons. The van der Waals surface area contributed by atoms with Crippen LogP contribution in [0.1, 0.15) is 21.5 Å². The van der Waals surface area contributed by atoms with Crippen molar-refractivity contribution >= 4 is 32.6 Å². The van der Waals surface area contributed by atoms with Gasteiger partial charge in [-0.15, -0.1) is 0 Å². The second-order valence-corrected chi connectivity index (χ2v) is 8.55. The van der Waals surface area contributed by atoms with E-state index in [4.69, 9.17) is 19.2 Å². The van der Waals surface area contributed by atoms with Gasteiger partial charge in [0.1, 0.15) is 0 Å². The Hall–Kier alpha value is -3.00. The Bertz CT molecular complexity index is 1090. The summed E-state index contributed by atoms with van der Waals surface area (Å²) in [5.74, 6) is 1.38. The molecule has 0 atom stereocenters. The van der Waals surface area contributed by atoms with Crippen LogP contribution in [0.15, 0.2) is 24.3 Å². The van der Waals surface area contributed by atoms with Gasteiger partial charge in [0, 0.05) is 31.7 Å². The van der Waals surface area contributed by atoms with Crippen LogP contribution in [0.4, 0.5) is 5.13 Å². The number of benzene rings is 2. The van der Waals surface area contributed by atoms with E-state index in [1.807, 2.05) is 4.90 Å². The van der Waals surface area contributed by atoms with Crippen molar-refractivity contribution in [2.24, 2.45) is 0 Å². The minimum atomic E-state index is -0.0466. The Labute approximate surface area is 186 Å². The molecule has 1 fully saturated rings. The normalized spacial score (nSPS) is 14.1. The quantitative estimate of drug-likeness (QED) is 0.598. The molecule has 4 rings (SSSR count). The molecule has 1 aliphatic heterocycles. The number of amides is 1. The third-order valence-corrected chi connectivity index (χ3v) is 6.90. The Morgan fingerprint density at radius 3 is 2.19 bits per heavy atom. The lowest BCUT2D eigenvalue weighted by atomic mass is 10.1. The predicted octanol–water partition coefficient (Wildman–Crippen LogP) is 3.90. The van der Waals surface area contributed by atoms with Crippen LogP contribution >= 0.6 is 11.3 Å². The van der Waals surface area contributed by atoms with Gasteiger partial charge in [-0.25, -0.2) is 4.98 Å². The fourth-order valence-electron chi connectivity index (χ4n) is 3.84. The number of thiazole rings is 1. The Kier molecular flexibility index (Phi) is 5.91. The number of nitrogens with zero attached hydrogens (tertiary/aromatic N) is 3. The number of carbonyl (C=O) groups is 1. The molecule has 2 heterocycles. The van der Waals surface area contributed by atoms with Gasteiger partial charge < -0.3 is 24.0 Å². The van der Waals surface area contributed by atoms with E-state index < -0.39 is 0 Å². The molecular formula is C23H27N3O4S. The van der Waals surface area contributed by atoms with Crippen molar-refractivity contribution in [3.05, 3.63) is 41.0 Å². The third kappa shape index (κ3) is 3.87. The smallest absolute Gasteiger partial charge is 0.254 e. The topological polar surface area (TPSA) is 64.1 Å². The molecule has 0 aliphatic carbocycles. The largest absolute Gasteiger partial charge is 0.493 e. The SMILES string of the molecule is COc1cc(C(=O)N2CCN(c3nc4c(C)c(C)ccc4s3)CC2)cc(OC)c1OC. The molecule has 3 aromatic rings. The lowest BCUT2D eigenvalue weighted by Crippen LogP contribution is -2.48. The lowest BCUT2D eigenvalue weighted by Gasteiger charge is -2.34. The van der Waals surface area contributed by atoms with Crippen molar-refractivity contribution in [1.29, 1.82) is 0 Å². The van der Waals surface area contributed by atoms with Crippen LogP contribution in [-0.2, 0) is 0 Å². The molecule has 8 heteroatoms. The summed E-state index contributed by atoms with van der Waals surface area (Å²) >= 11 is 1.71. The summed E-state index contributed by atoms with van der Waals surface area (Å²) in [5.41, 5.74) is 4.09. The zero-order valence-electron chi connectivity index (χ0n) is 18.5. The molecule has 0 N–H and O–H groups in total. The van der Waals surface area contributed by atoms with E-state index in [1.54, 1.807) is 44.8 Å². The highest BCUT2D eigenvalue weighted by molar-refractivity contribution is 7.22. The number of aromatic nitrogens is 1. The van der Waals surface area contributed by atoms with Gasteiger partial charge in [-0.1, -0.05) is 17.4 Å². The van der Waals surface area contributed by atoms with Gasteiger partial charge in [0.15, 0.2) is 16.6 Å². The van der Waals surface area contributed by atoms with E-state index in [0.717, 1.165) is 23.7 Å². The van der Waals surface area contributed by atoms with E-state index in [1.165, 1.54) is 15.8 Å². The van der Waals surface area contributed by atoms with Gasteiger partial charge in [0.05, 0.1) is 31.5 Å². The number of rotatable bonds is 5. The standard InChI is InChI=1S/C23H27N3O4S/c1-14-6-7-19-20(15(14)2)24-23(31-19)26-10-8-25(9-11-26)22(27)16-12-17(28-3)21(30-5)18(13-16)29-4/h6-7,12-13H,8-11H2,1-5H3. The van der Waals surface area contributed by atoms with E-state index in [9.17, 15) is 4.79 Å². The predicted molar refractivity (Wildman–Crippen MR) is 123 cm³/mol. The fourth-order valence-corrected chi connectivity index (χ4v) is 4.91. The molecule has 0 unspecified atom stereocenters. The highest BCUT2D eigenvalue weighted by atomic mass is 32.1. The van der Waals surface area contributed by atoms with Crippen LogP contribution in [0.2, 0.25) is 0 Å². The summed E-state index contributed by atoms with van der Waals surface area (Å²) in [6.07, 6.45) is 0. The molecule has 1 amide bonds. The number of piperazine rings is 1.